The van der Waals surface area contributed by atoms with E-state index in [-0.39, 0.29) is 5.91 Å². The number of pyridine rings is 1. The van der Waals surface area contributed by atoms with Crippen LogP contribution in [0.5, 0.6) is 5.75 Å². The van der Waals surface area contributed by atoms with E-state index in [1.54, 1.807) is 16.9 Å². The third kappa shape index (κ3) is 5.30. The molecule has 1 aliphatic heterocycles. The Morgan fingerprint density at radius 1 is 1.17 bits per heavy atom. The number of anilines is 1. The highest BCUT2D eigenvalue weighted by atomic mass is 16.5. The average Bonchev–Trinajstić information content (AvgIpc) is 3.43. The largest absolute Gasteiger partial charge is 0.492 e. The standard InChI is InChI=1S/C30H34N8O3/c1-20-32-22(19-41-20)18-38-25-5-3-4-24(28(25)29(34-38)21-6-7-21)33-30(39)26-17-31-27-16-23(8-9-37(26)27)40-15-14-36-12-10-35(2)11-13-36/h3-5,8-9,16-17,19,21H,6-7,10-15,18H2,1-2H3,(H,33,39). The number of hydrogen-bond donors (Lipinski definition) is 1. The zero-order valence-electron chi connectivity index (χ0n) is 23.4. The Morgan fingerprint density at radius 2 is 2.02 bits per heavy atom. The molecule has 1 amide bonds. The van der Waals surface area contributed by atoms with Crippen molar-refractivity contribution in [3.05, 3.63) is 72.0 Å². The normalized spacial score (nSPS) is 16.5. The Bertz CT molecular complexity index is 1710. The summed E-state index contributed by atoms with van der Waals surface area (Å²) in [6, 6.07) is 9.69. The van der Waals surface area contributed by atoms with Gasteiger partial charge >= 0.3 is 0 Å². The number of benzene rings is 1. The van der Waals surface area contributed by atoms with Crippen molar-refractivity contribution in [2.75, 3.05) is 51.7 Å². The molecule has 4 aromatic heterocycles. The number of ether oxygens (including phenoxy) is 1. The zero-order chi connectivity index (χ0) is 27.9. The van der Waals surface area contributed by atoms with Gasteiger partial charge in [-0.05, 0) is 38.1 Å². The van der Waals surface area contributed by atoms with Gasteiger partial charge in [0.25, 0.3) is 5.91 Å². The molecule has 0 atom stereocenters. The molecule has 0 unspecified atom stereocenters. The molecule has 7 rings (SSSR count). The first-order valence-corrected chi connectivity index (χ1v) is 14.2. The van der Waals surface area contributed by atoms with Gasteiger partial charge in [-0.15, -0.1) is 0 Å². The van der Waals surface area contributed by atoms with Crippen LogP contribution in [0, 0.1) is 6.92 Å². The quantitative estimate of drug-likeness (QED) is 0.294. The van der Waals surface area contributed by atoms with E-state index in [4.69, 9.17) is 14.3 Å². The van der Waals surface area contributed by atoms with Crippen molar-refractivity contribution >= 4 is 28.1 Å². The highest BCUT2D eigenvalue weighted by Gasteiger charge is 2.31. The smallest absolute Gasteiger partial charge is 0.274 e. The molecular weight excluding hydrogens is 520 g/mol. The summed E-state index contributed by atoms with van der Waals surface area (Å²) in [5, 5.41) is 9.08. The maximum atomic E-state index is 13.5. The van der Waals surface area contributed by atoms with Gasteiger partial charge in [-0.2, -0.15) is 5.10 Å². The molecule has 1 saturated heterocycles. The number of nitrogens with zero attached hydrogens (tertiary/aromatic N) is 7. The molecule has 5 heterocycles. The molecule has 0 bridgehead atoms. The van der Waals surface area contributed by atoms with Gasteiger partial charge in [0.15, 0.2) is 5.89 Å². The number of hydrogen-bond acceptors (Lipinski definition) is 8. The van der Waals surface area contributed by atoms with Gasteiger partial charge in [0.1, 0.15) is 35.7 Å². The van der Waals surface area contributed by atoms with E-state index in [2.05, 4.69) is 32.1 Å². The zero-order valence-corrected chi connectivity index (χ0v) is 23.4. The summed E-state index contributed by atoms with van der Waals surface area (Å²) in [5.74, 6) is 1.55. The van der Waals surface area contributed by atoms with Gasteiger partial charge in [0.05, 0.1) is 29.6 Å². The number of oxazole rings is 1. The average molecular weight is 555 g/mol. The molecule has 0 radical (unpaired) electrons. The van der Waals surface area contributed by atoms with Crippen molar-refractivity contribution in [3.8, 4) is 5.75 Å². The predicted molar refractivity (Wildman–Crippen MR) is 155 cm³/mol. The van der Waals surface area contributed by atoms with E-state index in [1.807, 2.05) is 48.1 Å². The summed E-state index contributed by atoms with van der Waals surface area (Å²) in [6.07, 6.45) is 7.32. The van der Waals surface area contributed by atoms with E-state index in [0.29, 0.717) is 36.3 Å². The molecule has 1 saturated carbocycles. The molecule has 2 aliphatic rings. The molecule has 11 heteroatoms. The van der Waals surface area contributed by atoms with Crippen LogP contribution in [0.2, 0.25) is 0 Å². The van der Waals surface area contributed by atoms with Crippen molar-refractivity contribution in [1.29, 1.82) is 0 Å². The van der Waals surface area contributed by atoms with Crippen LogP contribution in [0.25, 0.3) is 16.6 Å². The highest BCUT2D eigenvalue weighted by Crippen LogP contribution is 2.44. The van der Waals surface area contributed by atoms with Crippen LogP contribution in [-0.2, 0) is 6.54 Å². The summed E-state index contributed by atoms with van der Waals surface area (Å²) < 4.78 is 15.2. The molecule has 212 valence electrons. The van der Waals surface area contributed by atoms with Crippen LogP contribution in [0.1, 0.15) is 46.5 Å². The first-order chi connectivity index (χ1) is 20.0. The number of piperazine rings is 1. The Balaban J connectivity index is 1.08. The lowest BCUT2D eigenvalue weighted by Crippen LogP contribution is -2.45. The number of aromatic nitrogens is 5. The lowest BCUT2D eigenvalue weighted by molar-refractivity contribution is 0.102. The molecule has 1 aromatic carbocycles. The van der Waals surface area contributed by atoms with Gasteiger partial charge in [-0.25, -0.2) is 9.97 Å². The number of amides is 1. The fraction of sp³-hybridized carbons (Fsp3) is 0.400. The van der Waals surface area contributed by atoms with Crippen LogP contribution in [0.15, 0.2) is 53.4 Å². The minimum atomic E-state index is -0.227. The maximum absolute atomic E-state index is 13.5. The molecule has 5 aromatic rings. The number of aryl methyl sites for hydroxylation is 1. The number of fused-ring (bicyclic) bond motifs is 2. The van der Waals surface area contributed by atoms with E-state index < -0.39 is 0 Å². The first-order valence-electron chi connectivity index (χ1n) is 14.2. The molecule has 1 N–H and O–H groups in total. The minimum Gasteiger partial charge on any atom is -0.492 e. The fourth-order valence-electron chi connectivity index (χ4n) is 5.53. The number of carbonyl (C=O) groups excluding carboxylic acids is 1. The van der Waals surface area contributed by atoms with Crippen molar-refractivity contribution in [3.63, 3.8) is 0 Å². The number of imidazole rings is 1. The number of nitrogens with one attached hydrogen (secondary N) is 1. The predicted octanol–water partition coefficient (Wildman–Crippen LogP) is 3.78. The summed E-state index contributed by atoms with van der Waals surface area (Å²) in [4.78, 5) is 27.2. The van der Waals surface area contributed by atoms with Gasteiger partial charge < -0.3 is 19.4 Å². The molecule has 1 aliphatic carbocycles. The van der Waals surface area contributed by atoms with Crippen molar-refractivity contribution in [1.82, 2.24) is 33.9 Å². The molecule has 2 fully saturated rings. The monoisotopic (exact) mass is 554 g/mol. The fourth-order valence-corrected chi connectivity index (χ4v) is 5.53. The van der Waals surface area contributed by atoms with Gasteiger partial charge in [0.2, 0.25) is 0 Å². The lowest BCUT2D eigenvalue weighted by Gasteiger charge is -2.32. The van der Waals surface area contributed by atoms with Crippen LogP contribution in [0.3, 0.4) is 0 Å². The van der Waals surface area contributed by atoms with Gasteiger partial charge in [0, 0.05) is 63.2 Å². The summed E-state index contributed by atoms with van der Waals surface area (Å²) in [5.41, 5.74) is 4.67. The Hall–Kier alpha value is -4.22. The van der Waals surface area contributed by atoms with Crippen LogP contribution < -0.4 is 10.1 Å². The van der Waals surface area contributed by atoms with Crippen molar-refractivity contribution in [2.24, 2.45) is 0 Å². The van der Waals surface area contributed by atoms with Crippen LogP contribution in [-0.4, -0.2) is 86.2 Å². The third-order valence-electron chi connectivity index (χ3n) is 7.99. The van der Waals surface area contributed by atoms with Gasteiger partial charge in [-0.1, -0.05) is 6.07 Å². The third-order valence-corrected chi connectivity index (χ3v) is 7.99. The summed E-state index contributed by atoms with van der Waals surface area (Å²) in [6.45, 7) is 8.15. The maximum Gasteiger partial charge on any atom is 0.274 e. The number of likely N-dealkylation sites (N-methyl/N-ethyl adjacent to an activating group) is 1. The van der Waals surface area contributed by atoms with Crippen molar-refractivity contribution < 1.29 is 13.9 Å². The second kappa shape index (κ2) is 10.6. The van der Waals surface area contributed by atoms with E-state index in [0.717, 1.165) is 79.3 Å². The molecule has 41 heavy (non-hydrogen) atoms. The van der Waals surface area contributed by atoms with E-state index >= 15 is 0 Å². The second-order valence-corrected chi connectivity index (χ2v) is 11.1. The first kappa shape index (κ1) is 25.7. The van der Waals surface area contributed by atoms with E-state index in [9.17, 15) is 4.79 Å². The van der Waals surface area contributed by atoms with E-state index in [1.165, 1.54) is 0 Å². The second-order valence-electron chi connectivity index (χ2n) is 11.1. The lowest BCUT2D eigenvalue weighted by atomic mass is 10.1. The van der Waals surface area contributed by atoms with Crippen LogP contribution in [0.4, 0.5) is 5.69 Å². The highest BCUT2D eigenvalue weighted by molar-refractivity contribution is 6.09. The van der Waals surface area contributed by atoms with Gasteiger partial charge in [-0.3, -0.25) is 18.8 Å². The molecule has 11 nitrogen and oxygen atoms in total. The van der Waals surface area contributed by atoms with Crippen LogP contribution >= 0.6 is 0 Å². The number of carbonyl (C=O) groups is 1. The minimum absolute atomic E-state index is 0.227. The molecule has 0 spiro atoms. The topological polar surface area (TPSA) is 106 Å². The van der Waals surface area contributed by atoms with Crippen molar-refractivity contribution in [2.45, 2.75) is 32.2 Å². The Kier molecular flexibility index (Phi) is 6.68. The number of rotatable bonds is 9. The SMILES string of the molecule is Cc1nc(Cn2nc(C3CC3)c3c(NC(=O)c4cnc5cc(OCCN6CCN(C)CC6)ccn45)cccc32)co1. The molecular formula is C30H34N8O3. The summed E-state index contributed by atoms with van der Waals surface area (Å²) in [7, 11) is 2.16. The Labute approximate surface area is 237 Å². The Morgan fingerprint density at radius 3 is 2.80 bits per heavy atom. The summed E-state index contributed by atoms with van der Waals surface area (Å²) >= 11 is 0.